The van der Waals surface area contributed by atoms with Crippen LogP contribution >= 0.6 is 0 Å². The first kappa shape index (κ1) is 16.8. The lowest BCUT2D eigenvalue weighted by molar-refractivity contribution is 0.179. The van der Waals surface area contributed by atoms with E-state index < -0.39 is 0 Å². The lowest BCUT2D eigenvalue weighted by atomic mass is 10.0. The summed E-state index contributed by atoms with van der Waals surface area (Å²) < 4.78 is 8.14. The Morgan fingerprint density at radius 3 is 2.73 bits per heavy atom. The normalized spacial score (nSPS) is 15.8. The molecule has 1 aromatic carbocycles. The Labute approximate surface area is 154 Å². The highest BCUT2D eigenvalue weighted by molar-refractivity contribution is 5.28. The van der Waals surface area contributed by atoms with Crippen molar-refractivity contribution in [2.24, 2.45) is 0 Å². The molecule has 0 saturated carbocycles. The van der Waals surface area contributed by atoms with Gasteiger partial charge in [-0.25, -0.2) is 4.98 Å². The number of rotatable bonds is 6. The largest absolute Gasteiger partial charge is 0.487 e. The second-order valence-corrected chi connectivity index (χ2v) is 6.77. The average Bonchev–Trinajstić information content (AvgIpc) is 3.23. The number of piperidine rings is 1. The van der Waals surface area contributed by atoms with Crippen molar-refractivity contribution in [3.63, 3.8) is 0 Å². The van der Waals surface area contributed by atoms with E-state index in [2.05, 4.69) is 43.8 Å². The first-order valence-electron chi connectivity index (χ1n) is 9.18. The van der Waals surface area contributed by atoms with E-state index in [4.69, 9.17) is 4.74 Å². The van der Waals surface area contributed by atoms with Crippen LogP contribution in [0, 0.1) is 0 Å². The third-order valence-electron chi connectivity index (χ3n) is 4.92. The van der Waals surface area contributed by atoms with E-state index in [0.29, 0.717) is 12.6 Å². The van der Waals surface area contributed by atoms with Crippen LogP contribution in [0.3, 0.4) is 0 Å². The van der Waals surface area contributed by atoms with Crippen LogP contribution in [0.2, 0.25) is 0 Å². The number of ether oxygens (including phenoxy) is 1. The van der Waals surface area contributed by atoms with Gasteiger partial charge in [0.15, 0.2) is 0 Å². The molecule has 1 fully saturated rings. The molecule has 0 unspecified atom stereocenters. The summed E-state index contributed by atoms with van der Waals surface area (Å²) in [5.41, 5.74) is 2.24. The number of nitrogens with zero attached hydrogens (tertiary/aromatic N) is 4. The summed E-state index contributed by atoms with van der Waals surface area (Å²) in [6.07, 6.45) is 10.0. The van der Waals surface area contributed by atoms with Crippen LogP contribution in [0.4, 0.5) is 0 Å². The van der Waals surface area contributed by atoms with E-state index >= 15 is 0 Å². The van der Waals surface area contributed by atoms with Crippen molar-refractivity contribution < 1.29 is 4.74 Å². The minimum atomic E-state index is 0.501. The van der Waals surface area contributed by atoms with Gasteiger partial charge in [-0.1, -0.05) is 18.2 Å². The zero-order valence-electron chi connectivity index (χ0n) is 14.9. The second-order valence-electron chi connectivity index (χ2n) is 6.77. The van der Waals surface area contributed by atoms with Crippen molar-refractivity contribution in [2.45, 2.75) is 32.0 Å². The molecule has 1 aliphatic heterocycles. The molecule has 134 valence electrons. The Morgan fingerprint density at radius 1 is 1.04 bits per heavy atom. The van der Waals surface area contributed by atoms with Crippen LogP contribution in [0.5, 0.6) is 5.75 Å². The predicted molar refractivity (Wildman–Crippen MR) is 101 cm³/mol. The summed E-state index contributed by atoms with van der Waals surface area (Å²) in [5, 5.41) is 0. The highest BCUT2D eigenvalue weighted by Gasteiger charge is 2.20. The number of benzene rings is 1. The van der Waals surface area contributed by atoms with Crippen LogP contribution in [-0.4, -0.2) is 32.5 Å². The zero-order chi connectivity index (χ0) is 17.6. The van der Waals surface area contributed by atoms with Crippen molar-refractivity contribution in [1.29, 1.82) is 0 Å². The Hall–Kier alpha value is -2.66. The Kier molecular flexibility index (Phi) is 5.26. The van der Waals surface area contributed by atoms with Crippen LogP contribution in [0.25, 0.3) is 0 Å². The lowest BCUT2D eigenvalue weighted by Gasteiger charge is -2.32. The summed E-state index contributed by atoms with van der Waals surface area (Å²) >= 11 is 0. The molecule has 26 heavy (non-hydrogen) atoms. The fraction of sp³-hybridized carbons (Fsp3) is 0.333. The summed E-state index contributed by atoms with van der Waals surface area (Å²) in [6.45, 7) is 3.70. The minimum absolute atomic E-state index is 0.501. The molecule has 5 nitrogen and oxygen atoms in total. The molecule has 0 N–H and O–H groups in total. The van der Waals surface area contributed by atoms with Crippen LogP contribution < -0.4 is 4.74 Å². The molecule has 5 heteroatoms. The van der Waals surface area contributed by atoms with Gasteiger partial charge in [-0.15, -0.1) is 0 Å². The molecule has 4 rings (SSSR count). The molecule has 0 aliphatic carbocycles. The summed E-state index contributed by atoms with van der Waals surface area (Å²) in [6, 6.07) is 14.9. The Balaban J connectivity index is 1.30. The van der Waals surface area contributed by atoms with Gasteiger partial charge in [0.25, 0.3) is 0 Å². The van der Waals surface area contributed by atoms with Gasteiger partial charge in [-0.2, -0.15) is 0 Å². The van der Waals surface area contributed by atoms with Gasteiger partial charge in [-0.3, -0.25) is 9.88 Å². The minimum Gasteiger partial charge on any atom is -0.487 e. The van der Waals surface area contributed by atoms with Crippen molar-refractivity contribution in [1.82, 2.24) is 19.4 Å². The third-order valence-corrected chi connectivity index (χ3v) is 4.92. The molecule has 0 bridgehead atoms. The van der Waals surface area contributed by atoms with E-state index in [9.17, 15) is 0 Å². The molecular weight excluding hydrogens is 324 g/mol. The van der Waals surface area contributed by atoms with Crippen molar-refractivity contribution in [3.8, 4) is 5.75 Å². The van der Waals surface area contributed by atoms with Crippen molar-refractivity contribution in [2.75, 3.05) is 13.1 Å². The molecule has 3 aromatic rings. The maximum absolute atomic E-state index is 5.90. The zero-order valence-corrected chi connectivity index (χ0v) is 14.9. The molecule has 3 heterocycles. The van der Waals surface area contributed by atoms with E-state index in [0.717, 1.165) is 31.1 Å². The van der Waals surface area contributed by atoms with E-state index in [1.54, 1.807) is 6.20 Å². The van der Waals surface area contributed by atoms with E-state index in [1.807, 2.05) is 36.8 Å². The first-order valence-corrected chi connectivity index (χ1v) is 9.18. The molecule has 0 amide bonds. The monoisotopic (exact) mass is 348 g/mol. The van der Waals surface area contributed by atoms with Crippen LogP contribution in [-0.2, 0) is 13.2 Å². The smallest absolute Gasteiger partial charge is 0.130 e. The topological polar surface area (TPSA) is 43.2 Å². The van der Waals surface area contributed by atoms with Crippen LogP contribution in [0.1, 0.15) is 30.1 Å². The third kappa shape index (κ3) is 4.29. The van der Waals surface area contributed by atoms with E-state index in [-0.39, 0.29) is 0 Å². The van der Waals surface area contributed by atoms with Gasteiger partial charge in [-0.05, 0) is 42.7 Å². The summed E-state index contributed by atoms with van der Waals surface area (Å²) in [4.78, 5) is 11.0. The highest BCUT2D eigenvalue weighted by atomic mass is 16.5. The van der Waals surface area contributed by atoms with Gasteiger partial charge in [0.2, 0.25) is 0 Å². The predicted octanol–water partition coefficient (Wildman–Crippen LogP) is 3.69. The van der Waals surface area contributed by atoms with Gasteiger partial charge >= 0.3 is 0 Å². The second kappa shape index (κ2) is 8.15. The standard InChI is InChI=1S/C21H24N4O/c1-2-9-23-19(5-1)16-26-21-6-3-4-18(14-21)15-24-11-7-20(8-12-24)25-13-10-22-17-25/h1-6,9-10,13-14,17,20H,7-8,11-12,15-16H2. The number of hydrogen-bond donors (Lipinski definition) is 0. The molecule has 0 atom stereocenters. The summed E-state index contributed by atoms with van der Waals surface area (Å²) in [7, 11) is 0. The lowest BCUT2D eigenvalue weighted by Crippen LogP contribution is -2.33. The number of likely N-dealkylation sites (tertiary alicyclic amines) is 1. The van der Waals surface area contributed by atoms with Crippen molar-refractivity contribution >= 4 is 0 Å². The summed E-state index contributed by atoms with van der Waals surface area (Å²) in [5.74, 6) is 0.904. The van der Waals surface area contributed by atoms with Gasteiger partial charge in [0.1, 0.15) is 12.4 Å². The maximum atomic E-state index is 5.90. The SMILES string of the molecule is c1ccc(COc2cccc(CN3CCC(n4ccnc4)CC3)c2)nc1. The molecule has 1 saturated heterocycles. The number of imidazole rings is 1. The van der Waals surface area contributed by atoms with Crippen molar-refractivity contribution in [3.05, 3.63) is 78.6 Å². The fourth-order valence-corrected chi connectivity index (χ4v) is 3.49. The molecule has 1 aliphatic rings. The molecule has 0 radical (unpaired) electrons. The maximum Gasteiger partial charge on any atom is 0.130 e. The Bertz CT molecular complexity index is 796. The van der Waals surface area contributed by atoms with Gasteiger partial charge in [0, 0.05) is 44.3 Å². The molecular formula is C21H24N4O. The molecule has 2 aromatic heterocycles. The number of pyridine rings is 1. The van der Waals surface area contributed by atoms with Gasteiger partial charge in [0.05, 0.1) is 12.0 Å². The average molecular weight is 348 g/mol. The van der Waals surface area contributed by atoms with E-state index in [1.165, 1.54) is 18.4 Å². The number of aromatic nitrogens is 3. The first-order chi connectivity index (χ1) is 12.9. The number of hydrogen-bond acceptors (Lipinski definition) is 4. The Morgan fingerprint density at radius 2 is 1.96 bits per heavy atom. The van der Waals surface area contributed by atoms with Crippen LogP contribution in [0.15, 0.2) is 67.4 Å². The fourth-order valence-electron chi connectivity index (χ4n) is 3.49. The quantitative estimate of drug-likeness (QED) is 0.681. The van der Waals surface area contributed by atoms with Gasteiger partial charge < -0.3 is 9.30 Å². The molecule has 0 spiro atoms. The highest BCUT2D eigenvalue weighted by Crippen LogP contribution is 2.24.